The van der Waals surface area contributed by atoms with Crippen molar-refractivity contribution in [3.8, 4) is 0 Å². The Hall–Kier alpha value is -0.940. The largest absolute Gasteiger partial charge is 0.318 e. The van der Waals surface area contributed by atoms with Crippen LogP contribution >= 0.6 is 11.3 Å². The number of rotatable bonds is 5. The van der Waals surface area contributed by atoms with E-state index in [4.69, 9.17) is 5.73 Å². The van der Waals surface area contributed by atoms with Gasteiger partial charge in [0.05, 0.1) is 5.54 Å². The maximum atomic E-state index is 11.9. The number of amides is 1. The number of nitrogens with one attached hydrogen (secondary N) is 1. The van der Waals surface area contributed by atoms with Crippen molar-refractivity contribution < 1.29 is 4.79 Å². The predicted molar refractivity (Wildman–Crippen MR) is 67.6 cm³/mol. The van der Waals surface area contributed by atoms with Crippen molar-refractivity contribution in [1.82, 2.24) is 4.98 Å². The van der Waals surface area contributed by atoms with Crippen LogP contribution in [0.2, 0.25) is 0 Å². The fourth-order valence-corrected chi connectivity index (χ4v) is 2.15. The van der Waals surface area contributed by atoms with Crippen LogP contribution in [0.25, 0.3) is 0 Å². The van der Waals surface area contributed by atoms with Crippen molar-refractivity contribution in [3.63, 3.8) is 0 Å². The van der Waals surface area contributed by atoms with Crippen LogP contribution in [0.1, 0.15) is 38.5 Å². The van der Waals surface area contributed by atoms with Crippen molar-refractivity contribution in [2.24, 2.45) is 5.73 Å². The molecule has 0 aliphatic carbocycles. The van der Waals surface area contributed by atoms with Crippen molar-refractivity contribution in [1.29, 1.82) is 0 Å². The molecule has 0 saturated heterocycles. The molecule has 0 bridgehead atoms. The Bertz CT molecular complexity index is 360. The van der Waals surface area contributed by atoms with Crippen LogP contribution in [0.4, 0.5) is 5.13 Å². The molecule has 0 radical (unpaired) electrons. The maximum Gasteiger partial charge on any atom is 0.245 e. The van der Waals surface area contributed by atoms with Gasteiger partial charge in [-0.15, -0.1) is 11.3 Å². The average molecular weight is 241 g/mol. The number of nitrogens with zero attached hydrogens (tertiary/aromatic N) is 1. The monoisotopic (exact) mass is 241 g/mol. The number of carbonyl (C=O) groups excluding carboxylic acids is 1. The minimum Gasteiger partial charge on any atom is -0.318 e. The van der Waals surface area contributed by atoms with Crippen molar-refractivity contribution in [2.45, 2.75) is 45.6 Å². The van der Waals surface area contributed by atoms with Gasteiger partial charge in [-0.3, -0.25) is 4.79 Å². The molecule has 1 heterocycles. The van der Waals surface area contributed by atoms with E-state index in [1.165, 1.54) is 11.3 Å². The molecule has 0 saturated carbocycles. The minimum atomic E-state index is -0.813. The van der Waals surface area contributed by atoms with Gasteiger partial charge < -0.3 is 11.1 Å². The van der Waals surface area contributed by atoms with Gasteiger partial charge in [0.1, 0.15) is 0 Å². The zero-order valence-corrected chi connectivity index (χ0v) is 10.9. The second-order valence-electron chi connectivity index (χ2n) is 4.11. The lowest BCUT2D eigenvalue weighted by Gasteiger charge is -2.21. The Balaban J connectivity index is 2.63. The third-order valence-electron chi connectivity index (χ3n) is 2.41. The molecule has 1 unspecified atom stereocenters. The minimum absolute atomic E-state index is 0.161. The molecular formula is C11H19N3OS. The molecule has 1 atom stereocenters. The Morgan fingerprint density at radius 3 is 2.81 bits per heavy atom. The quantitative estimate of drug-likeness (QED) is 0.830. The molecule has 5 heteroatoms. The second kappa shape index (κ2) is 5.41. The van der Waals surface area contributed by atoms with E-state index in [1.807, 2.05) is 6.92 Å². The van der Waals surface area contributed by atoms with Crippen molar-refractivity contribution in [3.05, 3.63) is 11.1 Å². The van der Waals surface area contributed by atoms with Crippen molar-refractivity contribution in [2.75, 3.05) is 5.32 Å². The van der Waals surface area contributed by atoms with Crippen LogP contribution in [0.15, 0.2) is 6.20 Å². The molecule has 0 spiro atoms. The number of thiazole rings is 1. The van der Waals surface area contributed by atoms with Crippen LogP contribution in [0.5, 0.6) is 0 Å². The average Bonchev–Trinajstić information content (AvgIpc) is 2.65. The summed E-state index contributed by atoms with van der Waals surface area (Å²) in [5, 5.41) is 3.40. The Kier molecular flexibility index (Phi) is 4.44. The maximum absolute atomic E-state index is 11.9. The molecule has 0 aliphatic heterocycles. The van der Waals surface area contributed by atoms with Crippen molar-refractivity contribution >= 4 is 22.4 Å². The summed E-state index contributed by atoms with van der Waals surface area (Å²) in [6.07, 6.45) is 4.28. The zero-order valence-electron chi connectivity index (χ0n) is 10.0. The zero-order chi connectivity index (χ0) is 12.2. The highest BCUT2D eigenvalue weighted by Gasteiger charge is 2.27. The second-order valence-corrected chi connectivity index (χ2v) is 5.22. The van der Waals surface area contributed by atoms with Gasteiger partial charge in [0, 0.05) is 11.1 Å². The summed E-state index contributed by atoms with van der Waals surface area (Å²) in [6.45, 7) is 5.82. The number of hydrogen-bond acceptors (Lipinski definition) is 4. The van der Waals surface area contributed by atoms with Gasteiger partial charge in [-0.2, -0.15) is 0 Å². The number of anilines is 1. The van der Waals surface area contributed by atoms with Crippen LogP contribution in [0.3, 0.4) is 0 Å². The van der Waals surface area contributed by atoms with Crippen LogP contribution in [0, 0.1) is 0 Å². The van der Waals surface area contributed by atoms with Gasteiger partial charge in [-0.25, -0.2) is 4.98 Å². The molecule has 4 nitrogen and oxygen atoms in total. The summed E-state index contributed by atoms with van der Waals surface area (Å²) in [7, 11) is 0. The molecule has 3 N–H and O–H groups in total. The first-order valence-electron chi connectivity index (χ1n) is 5.54. The van der Waals surface area contributed by atoms with E-state index < -0.39 is 5.54 Å². The number of aryl methyl sites for hydroxylation is 1. The summed E-state index contributed by atoms with van der Waals surface area (Å²) < 4.78 is 0. The molecule has 90 valence electrons. The SMILES string of the molecule is CCCC(C)(N)C(=O)Nc1ncc(CC)s1. The predicted octanol–water partition coefficient (Wildman–Crippen LogP) is 2.16. The smallest absolute Gasteiger partial charge is 0.245 e. The van der Waals surface area contributed by atoms with E-state index in [0.717, 1.165) is 17.7 Å². The topological polar surface area (TPSA) is 68.0 Å². The van der Waals surface area contributed by atoms with E-state index in [9.17, 15) is 4.79 Å². The van der Waals surface area contributed by atoms with Crippen LogP contribution in [-0.2, 0) is 11.2 Å². The summed E-state index contributed by atoms with van der Waals surface area (Å²) >= 11 is 1.50. The number of nitrogens with two attached hydrogens (primary N) is 1. The van der Waals surface area contributed by atoms with Gasteiger partial charge >= 0.3 is 0 Å². The van der Waals surface area contributed by atoms with E-state index in [2.05, 4.69) is 17.2 Å². The summed E-state index contributed by atoms with van der Waals surface area (Å²) in [6, 6.07) is 0. The lowest BCUT2D eigenvalue weighted by atomic mass is 9.97. The Labute approximate surface area is 100 Å². The lowest BCUT2D eigenvalue weighted by molar-refractivity contribution is -0.120. The molecular weight excluding hydrogens is 222 g/mol. The molecule has 1 aromatic rings. The molecule has 16 heavy (non-hydrogen) atoms. The first-order chi connectivity index (χ1) is 7.49. The number of aromatic nitrogens is 1. The molecule has 1 aromatic heterocycles. The van der Waals surface area contributed by atoms with E-state index in [0.29, 0.717) is 11.6 Å². The number of hydrogen-bond donors (Lipinski definition) is 2. The summed E-state index contributed by atoms with van der Waals surface area (Å²) in [5.41, 5.74) is 5.11. The van der Waals surface area contributed by atoms with Crippen LogP contribution < -0.4 is 11.1 Å². The van der Waals surface area contributed by atoms with Crippen LogP contribution in [-0.4, -0.2) is 16.4 Å². The highest BCUT2D eigenvalue weighted by Crippen LogP contribution is 2.20. The first kappa shape index (κ1) is 13.1. The van der Waals surface area contributed by atoms with E-state index in [1.54, 1.807) is 13.1 Å². The van der Waals surface area contributed by atoms with E-state index in [-0.39, 0.29) is 5.91 Å². The third-order valence-corrected chi connectivity index (χ3v) is 3.47. The van der Waals surface area contributed by atoms with Gasteiger partial charge in [0.15, 0.2) is 5.13 Å². The molecule has 0 aromatic carbocycles. The Morgan fingerprint density at radius 1 is 1.62 bits per heavy atom. The van der Waals surface area contributed by atoms with Gasteiger partial charge in [0.25, 0.3) is 0 Å². The fraction of sp³-hybridized carbons (Fsp3) is 0.636. The third kappa shape index (κ3) is 3.28. The molecule has 1 rings (SSSR count). The molecule has 0 fully saturated rings. The lowest BCUT2D eigenvalue weighted by Crippen LogP contribution is -2.48. The summed E-state index contributed by atoms with van der Waals surface area (Å²) in [4.78, 5) is 17.1. The standard InChI is InChI=1S/C11H19N3OS/c1-4-6-11(3,12)9(15)14-10-13-7-8(5-2)16-10/h7H,4-6,12H2,1-3H3,(H,13,14,15). The normalized spacial score (nSPS) is 14.5. The van der Waals surface area contributed by atoms with Gasteiger partial charge in [-0.05, 0) is 19.8 Å². The van der Waals surface area contributed by atoms with Gasteiger partial charge in [0.2, 0.25) is 5.91 Å². The van der Waals surface area contributed by atoms with E-state index >= 15 is 0 Å². The molecule has 1 amide bonds. The van der Waals surface area contributed by atoms with Gasteiger partial charge in [-0.1, -0.05) is 20.3 Å². The first-order valence-corrected chi connectivity index (χ1v) is 6.36. The Morgan fingerprint density at radius 2 is 2.31 bits per heavy atom. The molecule has 0 aliphatic rings. The highest BCUT2D eigenvalue weighted by molar-refractivity contribution is 7.15. The summed E-state index contributed by atoms with van der Waals surface area (Å²) in [5.74, 6) is -0.161. The highest BCUT2D eigenvalue weighted by atomic mass is 32.1. The fourth-order valence-electron chi connectivity index (χ4n) is 1.40. The number of carbonyl (C=O) groups is 1.